The van der Waals surface area contributed by atoms with Gasteiger partial charge in [-0.3, -0.25) is 18.6 Å². The van der Waals surface area contributed by atoms with Crippen molar-refractivity contribution in [1.82, 2.24) is 0 Å². The third-order valence-electron chi connectivity index (χ3n) is 17.3. The van der Waals surface area contributed by atoms with Crippen LogP contribution in [0.15, 0.2) is 207 Å². The van der Waals surface area contributed by atoms with Crippen LogP contribution in [0.25, 0.3) is 0 Å². The number of hydrogen-bond acceptors (Lipinski definition) is 7. The zero-order valence-electron chi connectivity index (χ0n) is 67.2. The number of carbonyl (C=O) groups excluding carboxylic acids is 2. The van der Waals surface area contributed by atoms with Crippen molar-refractivity contribution in [3.8, 4) is 0 Å². The van der Waals surface area contributed by atoms with Crippen LogP contribution in [0.5, 0.6) is 0 Å². The standard InChI is InChI=1S/C94H154NO8P/c1-6-8-10-12-14-16-18-20-22-24-26-28-30-32-34-36-38-40-42-44-46-47-49-50-52-54-56-58-60-62-64-66-68-70-72-74-76-78-80-82-84-86-93(96)100-90-92(91-102-104(98,99)101-89-88-95(3,4)5)103-94(97)87-85-83-81-79-77-75-73-71-69-67-65-63-61-59-57-55-53-51-48-45-43-41-39-37-35-33-31-29-27-25-23-21-19-17-15-13-11-9-7-2/h8-11,14-17,20-23,26-29,32-35,38-41,44-46,48-50,53,55,59,61,92H,6-7,12-13,18-19,24-25,30-31,36-37,42-43,47,51-52,54,56-58,60,62-91H2,1-5H3/p+1/b10-8-,11-9-,16-14-,17-15-,22-20-,23-21-,28-26-,29-27-,34-32-,35-33-,40-38-,41-39-,46-44-,48-45-,50-49-,55-53-,61-59-. The Kier molecular flexibility index (Phi) is 77.4. The molecule has 0 radical (unpaired) electrons. The van der Waals surface area contributed by atoms with E-state index in [0.29, 0.717) is 17.4 Å². The first-order valence-corrected chi connectivity index (χ1v) is 43.3. The summed E-state index contributed by atoms with van der Waals surface area (Å²) < 4.78 is 34.8. The summed E-state index contributed by atoms with van der Waals surface area (Å²) in [6.07, 6.45) is 128. The highest BCUT2D eigenvalue weighted by Crippen LogP contribution is 2.43. The molecule has 0 spiro atoms. The monoisotopic (exact) mass is 1460 g/mol. The molecule has 0 saturated carbocycles. The molecule has 2 atom stereocenters. The van der Waals surface area contributed by atoms with Crippen LogP contribution in [0.1, 0.15) is 322 Å². The molecule has 1 N–H and O–H groups in total. The van der Waals surface area contributed by atoms with Crippen LogP contribution in [0.3, 0.4) is 0 Å². The first-order valence-electron chi connectivity index (χ1n) is 41.8. The molecule has 0 aromatic carbocycles. The van der Waals surface area contributed by atoms with Crippen molar-refractivity contribution < 1.29 is 42.1 Å². The number of esters is 2. The largest absolute Gasteiger partial charge is 0.472 e. The molecule has 0 rings (SSSR count). The number of likely N-dealkylation sites (N-methyl/N-ethyl adjacent to an activating group) is 1. The summed E-state index contributed by atoms with van der Waals surface area (Å²) in [6.45, 7) is 4.21. The Labute approximate surface area is 640 Å². The van der Waals surface area contributed by atoms with E-state index in [1.54, 1.807) is 0 Å². The molecular formula is C94H155NO8P+. The Morgan fingerprint density at radius 2 is 0.519 bits per heavy atom. The quantitative estimate of drug-likeness (QED) is 0.0211. The maximum atomic E-state index is 12.9. The van der Waals surface area contributed by atoms with Crippen molar-refractivity contribution >= 4 is 19.8 Å². The van der Waals surface area contributed by atoms with Gasteiger partial charge in [-0.05, 0) is 148 Å². The van der Waals surface area contributed by atoms with Crippen LogP contribution in [0.2, 0.25) is 0 Å². The Morgan fingerprint density at radius 1 is 0.298 bits per heavy atom. The highest BCUT2D eigenvalue weighted by atomic mass is 31.2. The molecule has 0 fully saturated rings. The molecule has 0 aliphatic rings. The molecule has 0 aliphatic carbocycles. The van der Waals surface area contributed by atoms with Crippen LogP contribution in [-0.4, -0.2) is 74.9 Å². The summed E-state index contributed by atoms with van der Waals surface area (Å²) in [5, 5.41) is 0. The molecule has 104 heavy (non-hydrogen) atoms. The predicted molar refractivity (Wildman–Crippen MR) is 454 cm³/mol. The Hall–Kier alpha value is -5.41. The lowest BCUT2D eigenvalue weighted by molar-refractivity contribution is -0.870. The van der Waals surface area contributed by atoms with Crippen LogP contribution in [-0.2, 0) is 32.7 Å². The first-order chi connectivity index (χ1) is 51.0. The fourth-order valence-electron chi connectivity index (χ4n) is 11.0. The number of hydrogen-bond donors (Lipinski definition) is 1. The van der Waals surface area contributed by atoms with E-state index in [1.807, 2.05) is 21.1 Å². The summed E-state index contributed by atoms with van der Waals surface area (Å²) in [6, 6.07) is 0. The van der Waals surface area contributed by atoms with Gasteiger partial charge in [0.15, 0.2) is 6.10 Å². The Morgan fingerprint density at radius 3 is 0.769 bits per heavy atom. The zero-order chi connectivity index (χ0) is 75.4. The first kappa shape index (κ1) is 98.6. The molecule has 0 amide bonds. The van der Waals surface area contributed by atoms with Gasteiger partial charge in [-0.1, -0.05) is 368 Å². The van der Waals surface area contributed by atoms with Crippen LogP contribution >= 0.6 is 7.82 Å². The highest BCUT2D eigenvalue weighted by molar-refractivity contribution is 7.47. The van der Waals surface area contributed by atoms with Crippen molar-refractivity contribution in [2.75, 3.05) is 47.5 Å². The van der Waals surface area contributed by atoms with Gasteiger partial charge >= 0.3 is 19.8 Å². The number of nitrogens with zero attached hydrogens (tertiary/aromatic N) is 1. The van der Waals surface area contributed by atoms with Gasteiger partial charge in [-0.2, -0.15) is 0 Å². The van der Waals surface area contributed by atoms with Crippen LogP contribution in [0, 0.1) is 0 Å². The summed E-state index contributed by atoms with van der Waals surface area (Å²) in [7, 11) is 1.46. The van der Waals surface area contributed by atoms with E-state index in [1.165, 1.54) is 135 Å². The minimum absolute atomic E-state index is 0.0233. The lowest BCUT2D eigenvalue weighted by Crippen LogP contribution is -2.37. The summed E-state index contributed by atoms with van der Waals surface area (Å²) in [5.74, 6) is -0.803. The topological polar surface area (TPSA) is 108 Å². The van der Waals surface area contributed by atoms with E-state index in [-0.39, 0.29) is 32.0 Å². The molecule has 9 nitrogen and oxygen atoms in total. The van der Waals surface area contributed by atoms with E-state index in [0.717, 1.165) is 154 Å². The number of unbranched alkanes of at least 4 members (excludes halogenated alkanes) is 27. The van der Waals surface area contributed by atoms with Gasteiger partial charge in [0.05, 0.1) is 27.7 Å². The highest BCUT2D eigenvalue weighted by Gasteiger charge is 2.27. The molecule has 0 bridgehead atoms. The molecular weight excluding hydrogens is 1300 g/mol. The van der Waals surface area contributed by atoms with Gasteiger partial charge in [0, 0.05) is 12.8 Å². The summed E-state index contributed by atoms with van der Waals surface area (Å²) >= 11 is 0. The lowest BCUT2D eigenvalue weighted by Gasteiger charge is -2.24. The molecule has 0 saturated heterocycles. The average molecular weight is 1460 g/mol. The maximum Gasteiger partial charge on any atom is 0.472 e. The molecule has 10 heteroatoms. The predicted octanol–water partition coefficient (Wildman–Crippen LogP) is 28.5. The fourth-order valence-corrected chi connectivity index (χ4v) is 11.8. The van der Waals surface area contributed by atoms with Gasteiger partial charge in [-0.15, -0.1) is 0 Å². The van der Waals surface area contributed by atoms with E-state index in [4.69, 9.17) is 18.5 Å². The van der Waals surface area contributed by atoms with Crippen LogP contribution < -0.4 is 0 Å². The van der Waals surface area contributed by atoms with Crippen molar-refractivity contribution in [3.63, 3.8) is 0 Å². The van der Waals surface area contributed by atoms with Crippen molar-refractivity contribution in [3.05, 3.63) is 207 Å². The second-order valence-electron chi connectivity index (χ2n) is 28.4. The minimum Gasteiger partial charge on any atom is -0.462 e. The van der Waals surface area contributed by atoms with E-state index in [2.05, 4.69) is 220 Å². The maximum absolute atomic E-state index is 12.9. The fraction of sp³-hybridized carbons (Fsp3) is 0.617. The minimum atomic E-state index is -4.41. The Balaban J connectivity index is 4.02. The molecule has 0 heterocycles. The normalized spacial score (nSPS) is 14.1. The lowest BCUT2D eigenvalue weighted by atomic mass is 10.0. The number of carbonyl (C=O) groups is 2. The average Bonchev–Trinajstić information content (AvgIpc) is 0.915. The summed E-state index contributed by atoms with van der Waals surface area (Å²) in [5.41, 5.74) is 0. The number of rotatable bonds is 75. The van der Waals surface area contributed by atoms with Gasteiger partial charge in [0.1, 0.15) is 19.8 Å². The second-order valence-corrected chi connectivity index (χ2v) is 29.8. The number of allylic oxidation sites excluding steroid dienone is 34. The van der Waals surface area contributed by atoms with Crippen molar-refractivity contribution in [2.24, 2.45) is 0 Å². The second kappa shape index (κ2) is 81.7. The number of phosphoric acid groups is 1. The SMILES string of the molecule is CC/C=C\C/C=C\C/C=C\C/C=C\C/C=C\C/C=C\C/C=C\C/C=C\C/C=C\CCCCCCCCCCCCCC(=O)OC(COC(=O)CCCCCCCCCCCCCCCCCC/C=C\C/C=C\C/C=C\C/C=C\C/C=C\C/C=C\C/C=C\C/C=C\CC)COP(=O)(O)OCC[N+](C)(C)C. The number of ether oxygens (including phenoxy) is 2. The summed E-state index contributed by atoms with van der Waals surface area (Å²) in [4.78, 5) is 36.0. The van der Waals surface area contributed by atoms with Crippen molar-refractivity contribution in [2.45, 2.75) is 328 Å². The van der Waals surface area contributed by atoms with Crippen LogP contribution in [0.4, 0.5) is 0 Å². The van der Waals surface area contributed by atoms with E-state index < -0.39 is 26.5 Å². The van der Waals surface area contributed by atoms with Gasteiger partial charge in [-0.25, -0.2) is 4.57 Å². The van der Waals surface area contributed by atoms with Gasteiger partial charge < -0.3 is 18.9 Å². The molecule has 0 aliphatic heterocycles. The van der Waals surface area contributed by atoms with E-state index >= 15 is 0 Å². The molecule has 0 aromatic rings. The van der Waals surface area contributed by atoms with Gasteiger partial charge in [0.2, 0.25) is 0 Å². The van der Waals surface area contributed by atoms with Crippen molar-refractivity contribution in [1.29, 1.82) is 0 Å². The molecule has 588 valence electrons. The smallest absolute Gasteiger partial charge is 0.462 e. The number of phosphoric ester groups is 1. The van der Waals surface area contributed by atoms with E-state index in [9.17, 15) is 19.0 Å². The molecule has 0 aromatic heterocycles. The zero-order valence-corrected chi connectivity index (χ0v) is 68.1. The Bertz CT molecular complexity index is 2520. The van der Waals surface area contributed by atoms with Gasteiger partial charge in [0.25, 0.3) is 0 Å². The third-order valence-corrected chi connectivity index (χ3v) is 18.3. The number of quaternary nitrogens is 1. The third kappa shape index (κ3) is 85.5. The molecule has 2 unspecified atom stereocenters.